The smallest absolute Gasteiger partial charge is 0.250 e. The standard InChI is InChI=1S/C27H36F2N6O/c28-27(29)10-14-35(15-11-27)18-19-4-1-7-22(16-19)33-26-32-17-23(20-8-9-20)24(34-26)30-12-3-13-31-25(36)21-5-2-6-21/h1,4,7,16-17,20-21H,2-3,5-6,8-15,18H2,(H,31,36)(H2,30,32,33,34). The Bertz CT molecular complexity index is 1050. The lowest BCUT2D eigenvalue weighted by Crippen LogP contribution is -2.38. The lowest BCUT2D eigenvalue weighted by atomic mass is 9.85. The molecule has 2 saturated carbocycles. The second-order valence-corrected chi connectivity index (χ2v) is 10.4. The number of halogens is 2. The average molecular weight is 499 g/mol. The summed E-state index contributed by atoms with van der Waals surface area (Å²) in [6, 6.07) is 7.98. The van der Waals surface area contributed by atoms with Crippen LogP contribution in [-0.4, -0.2) is 52.9 Å². The third-order valence-corrected chi connectivity index (χ3v) is 7.43. The molecule has 0 unspecified atom stereocenters. The third-order valence-electron chi connectivity index (χ3n) is 7.43. The third kappa shape index (κ3) is 6.69. The molecule has 0 bridgehead atoms. The number of carbonyl (C=O) groups is 1. The van der Waals surface area contributed by atoms with Crippen LogP contribution in [0.5, 0.6) is 0 Å². The highest BCUT2D eigenvalue weighted by Gasteiger charge is 2.33. The number of likely N-dealkylation sites (tertiary alicyclic amines) is 1. The van der Waals surface area contributed by atoms with Gasteiger partial charge in [-0.25, -0.2) is 13.8 Å². The van der Waals surface area contributed by atoms with Crippen molar-refractivity contribution in [1.29, 1.82) is 0 Å². The summed E-state index contributed by atoms with van der Waals surface area (Å²) in [6.07, 6.45) is 8.11. The number of aromatic nitrogens is 2. The van der Waals surface area contributed by atoms with Crippen molar-refractivity contribution in [2.24, 2.45) is 5.92 Å². The fourth-order valence-corrected chi connectivity index (χ4v) is 4.78. The number of alkyl halides is 2. The first kappa shape index (κ1) is 24.9. The first-order chi connectivity index (χ1) is 17.4. The number of hydrogen-bond donors (Lipinski definition) is 3. The zero-order valence-electron chi connectivity index (χ0n) is 20.7. The number of anilines is 3. The molecule has 194 valence electrons. The summed E-state index contributed by atoms with van der Waals surface area (Å²) in [5.41, 5.74) is 3.09. The predicted molar refractivity (Wildman–Crippen MR) is 137 cm³/mol. The van der Waals surface area contributed by atoms with Crippen LogP contribution in [0.1, 0.15) is 68.4 Å². The van der Waals surface area contributed by atoms with Crippen LogP contribution in [-0.2, 0) is 11.3 Å². The molecule has 36 heavy (non-hydrogen) atoms. The van der Waals surface area contributed by atoms with Gasteiger partial charge < -0.3 is 16.0 Å². The van der Waals surface area contributed by atoms with Crippen molar-refractivity contribution < 1.29 is 13.6 Å². The Hall–Kier alpha value is -2.81. The molecule has 2 aromatic rings. The molecule has 1 amide bonds. The summed E-state index contributed by atoms with van der Waals surface area (Å²) in [5.74, 6) is -0.229. The molecular formula is C27H36F2N6O. The van der Waals surface area contributed by atoms with Gasteiger partial charge >= 0.3 is 0 Å². The van der Waals surface area contributed by atoms with Crippen molar-refractivity contribution >= 4 is 23.4 Å². The first-order valence-electron chi connectivity index (χ1n) is 13.3. The van der Waals surface area contributed by atoms with Gasteiger partial charge in [0, 0.05) is 68.9 Å². The molecule has 3 fully saturated rings. The van der Waals surface area contributed by atoms with Gasteiger partial charge in [0.05, 0.1) is 0 Å². The molecule has 1 saturated heterocycles. The topological polar surface area (TPSA) is 82.2 Å². The van der Waals surface area contributed by atoms with Gasteiger partial charge in [0.25, 0.3) is 5.92 Å². The highest BCUT2D eigenvalue weighted by Crippen LogP contribution is 2.42. The van der Waals surface area contributed by atoms with E-state index in [-0.39, 0.29) is 24.7 Å². The van der Waals surface area contributed by atoms with Gasteiger partial charge in [-0.1, -0.05) is 18.6 Å². The van der Waals surface area contributed by atoms with E-state index in [4.69, 9.17) is 4.98 Å². The second-order valence-electron chi connectivity index (χ2n) is 10.4. The van der Waals surface area contributed by atoms with E-state index in [0.29, 0.717) is 38.0 Å². The summed E-state index contributed by atoms with van der Waals surface area (Å²) in [5, 5.41) is 9.80. The van der Waals surface area contributed by atoms with Crippen LogP contribution in [0.3, 0.4) is 0 Å². The van der Waals surface area contributed by atoms with E-state index >= 15 is 0 Å². The summed E-state index contributed by atoms with van der Waals surface area (Å²) >= 11 is 0. The monoisotopic (exact) mass is 498 g/mol. The van der Waals surface area contributed by atoms with Gasteiger partial charge in [0.2, 0.25) is 11.9 Å². The minimum Gasteiger partial charge on any atom is -0.370 e. The highest BCUT2D eigenvalue weighted by molar-refractivity contribution is 5.79. The van der Waals surface area contributed by atoms with E-state index in [1.807, 2.05) is 30.5 Å². The summed E-state index contributed by atoms with van der Waals surface area (Å²) in [6.45, 7) is 2.87. The van der Waals surface area contributed by atoms with Crippen LogP contribution in [0.15, 0.2) is 30.5 Å². The number of nitrogens with zero attached hydrogens (tertiary/aromatic N) is 3. The zero-order chi connectivity index (χ0) is 25.0. The SMILES string of the molecule is O=C(NCCCNc1nc(Nc2cccc(CN3CCC(F)(F)CC3)c2)ncc1C1CC1)C1CCC1. The molecule has 2 heterocycles. The van der Waals surface area contributed by atoms with Crippen LogP contribution < -0.4 is 16.0 Å². The molecule has 3 N–H and O–H groups in total. The number of nitrogens with one attached hydrogen (secondary N) is 3. The maximum absolute atomic E-state index is 13.5. The molecule has 1 aliphatic heterocycles. The zero-order valence-corrected chi connectivity index (χ0v) is 20.7. The number of carbonyl (C=O) groups excluding carboxylic acids is 1. The molecule has 7 nitrogen and oxygen atoms in total. The second kappa shape index (κ2) is 11.1. The van der Waals surface area contributed by atoms with E-state index in [2.05, 4.69) is 25.8 Å². The average Bonchev–Trinajstić information content (AvgIpc) is 3.65. The van der Waals surface area contributed by atoms with Crippen molar-refractivity contribution in [2.75, 3.05) is 36.8 Å². The Morgan fingerprint density at radius 2 is 1.92 bits per heavy atom. The Morgan fingerprint density at radius 3 is 2.64 bits per heavy atom. The van der Waals surface area contributed by atoms with E-state index < -0.39 is 5.92 Å². The fraction of sp³-hybridized carbons (Fsp3) is 0.593. The number of piperidine rings is 1. The minimum absolute atomic E-state index is 0.0746. The lowest BCUT2D eigenvalue weighted by Gasteiger charge is -2.31. The summed E-state index contributed by atoms with van der Waals surface area (Å²) < 4.78 is 26.9. The van der Waals surface area contributed by atoms with Crippen molar-refractivity contribution in [2.45, 2.75) is 69.8 Å². The molecule has 9 heteroatoms. The molecule has 1 aromatic heterocycles. The molecule has 5 rings (SSSR count). The Labute approximate surface area is 211 Å². The van der Waals surface area contributed by atoms with E-state index in [1.54, 1.807) is 0 Å². The van der Waals surface area contributed by atoms with Gasteiger partial charge in [0.15, 0.2) is 0 Å². The molecule has 0 atom stereocenters. The Kier molecular flexibility index (Phi) is 7.65. The maximum Gasteiger partial charge on any atom is 0.250 e. The number of rotatable bonds is 11. The van der Waals surface area contributed by atoms with E-state index in [0.717, 1.165) is 67.7 Å². The number of hydrogen-bond acceptors (Lipinski definition) is 6. The van der Waals surface area contributed by atoms with Crippen LogP contribution >= 0.6 is 0 Å². The quantitative estimate of drug-likeness (QED) is 0.376. The van der Waals surface area contributed by atoms with Gasteiger partial charge in [-0.05, 0) is 55.7 Å². The molecule has 0 radical (unpaired) electrons. The molecular weight excluding hydrogens is 462 g/mol. The van der Waals surface area contributed by atoms with Gasteiger partial charge in [0.1, 0.15) is 5.82 Å². The van der Waals surface area contributed by atoms with Crippen molar-refractivity contribution in [3.8, 4) is 0 Å². The fourth-order valence-electron chi connectivity index (χ4n) is 4.78. The number of benzene rings is 1. The molecule has 2 aliphatic carbocycles. The van der Waals surface area contributed by atoms with Crippen LogP contribution in [0.25, 0.3) is 0 Å². The minimum atomic E-state index is -2.53. The van der Waals surface area contributed by atoms with Gasteiger partial charge in [-0.3, -0.25) is 9.69 Å². The van der Waals surface area contributed by atoms with E-state index in [9.17, 15) is 13.6 Å². The summed E-state index contributed by atoms with van der Waals surface area (Å²) in [7, 11) is 0. The van der Waals surface area contributed by atoms with Crippen LogP contribution in [0, 0.1) is 5.92 Å². The van der Waals surface area contributed by atoms with Crippen molar-refractivity contribution in [1.82, 2.24) is 20.2 Å². The maximum atomic E-state index is 13.5. The molecule has 3 aliphatic rings. The Morgan fingerprint density at radius 1 is 1.11 bits per heavy atom. The highest BCUT2D eigenvalue weighted by atomic mass is 19.3. The largest absolute Gasteiger partial charge is 0.370 e. The molecule has 1 aromatic carbocycles. The van der Waals surface area contributed by atoms with E-state index in [1.165, 1.54) is 0 Å². The normalized spacial score (nSPS) is 19.9. The molecule has 0 spiro atoms. The Balaban J connectivity index is 1.15. The first-order valence-corrected chi connectivity index (χ1v) is 13.3. The van der Waals surface area contributed by atoms with Gasteiger partial charge in [-0.2, -0.15) is 4.98 Å². The summed E-state index contributed by atoms with van der Waals surface area (Å²) in [4.78, 5) is 23.4. The van der Waals surface area contributed by atoms with Crippen molar-refractivity contribution in [3.63, 3.8) is 0 Å². The lowest BCUT2D eigenvalue weighted by molar-refractivity contribution is -0.127. The number of amides is 1. The van der Waals surface area contributed by atoms with Gasteiger partial charge in [-0.15, -0.1) is 0 Å². The van der Waals surface area contributed by atoms with Crippen LogP contribution in [0.4, 0.5) is 26.2 Å². The van der Waals surface area contributed by atoms with Crippen molar-refractivity contribution in [3.05, 3.63) is 41.6 Å². The predicted octanol–water partition coefficient (Wildman–Crippen LogP) is 5.05. The van der Waals surface area contributed by atoms with Crippen LogP contribution in [0.2, 0.25) is 0 Å².